The van der Waals surface area contributed by atoms with Gasteiger partial charge in [0.25, 0.3) is 0 Å². The number of carbonyl (C=O) groups is 5. The number of ether oxygens (including phenoxy) is 6. The molecule has 4 N–H and O–H groups in total. The molecule has 0 aromatic heterocycles. The predicted octanol–water partition coefficient (Wildman–Crippen LogP) is 14.2. The summed E-state index contributed by atoms with van der Waals surface area (Å²) in [7, 11) is 1.37. The van der Waals surface area contributed by atoms with Gasteiger partial charge in [-0.1, -0.05) is 81.6 Å². The van der Waals surface area contributed by atoms with Crippen molar-refractivity contribution >= 4 is 176 Å². The number of halogens is 7. The van der Waals surface area contributed by atoms with Gasteiger partial charge in [-0.15, -0.1) is 5.92 Å². The third-order valence-corrected chi connectivity index (χ3v) is 11.1. The van der Waals surface area contributed by atoms with Gasteiger partial charge in [-0.3, -0.25) is 0 Å². The molecule has 0 amide bonds. The van der Waals surface area contributed by atoms with Gasteiger partial charge in [0.1, 0.15) is 23.0 Å². The van der Waals surface area contributed by atoms with Crippen molar-refractivity contribution < 1.29 is 77.2 Å². The number of rotatable bonds is 18. The van der Waals surface area contributed by atoms with E-state index in [0.717, 1.165) is 33.4 Å². The second-order valence-electron chi connectivity index (χ2n) is 14.7. The average molecular weight is 1410 g/mol. The number of methoxy groups -OCH3 is 1. The van der Waals surface area contributed by atoms with Crippen molar-refractivity contribution in [3.05, 3.63) is 144 Å². The minimum Gasteiger partial charge on any atom is -0.479 e. The Labute approximate surface area is 530 Å². The van der Waals surface area contributed by atoms with Gasteiger partial charge in [-0.05, 0) is 160 Å². The molecule has 0 aliphatic carbocycles. The number of carboxylic acids is 4. The van der Waals surface area contributed by atoms with Crippen LogP contribution < -0.4 is 23.7 Å². The Morgan fingerprint density at radius 3 is 1.43 bits per heavy atom. The molecular formula is C52H63Br2Cl4FO15S5. The summed E-state index contributed by atoms with van der Waals surface area (Å²) in [6.07, 6.45) is -1.64. The van der Waals surface area contributed by atoms with Crippen molar-refractivity contribution in [3.8, 4) is 40.6 Å². The van der Waals surface area contributed by atoms with E-state index in [-0.39, 0.29) is 84.2 Å². The maximum atomic E-state index is 13.1. The van der Waals surface area contributed by atoms with Crippen molar-refractivity contribution in [3.63, 3.8) is 0 Å². The van der Waals surface area contributed by atoms with E-state index in [1.807, 2.05) is 0 Å². The largest absolute Gasteiger partial charge is 0.479 e. The number of hydrogen-bond acceptors (Lipinski definition) is 11. The average Bonchev–Trinajstić information content (AvgIpc) is 3.35. The molecule has 440 valence electrons. The lowest BCUT2D eigenvalue weighted by molar-refractivity contribution is -0.149. The molecule has 0 radical (unpaired) electrons. The zero-order chi connectivity index (χ0) is 56.1. The highest BCUT2D eigenvalue weighted by Gasteiger charge is 2.21. The number of hydrogen-bond donors (Lipinski definition) is 4. The van der Waals surface area contributed by atoms with Crippen LogP contribution in [0.15, 0.2) is 112 Å². The first-order valence-corrected chi connectivity index (χ1v) is 24.9. The molecule has 27 heteroatoms. The summed E-state index contributed by atoms with van der Waals surface area (Å²) < 4.78 is 45.3. The Morgan fingerprint density at radius 2 is 0.987 bits per heavy atom. The number of aliphatic carboxylic acids is 4. The Kier molecular flexibility index (Phi) is 48.1. The standard InChI is InChI=1S/C13H17ClO3.C12H12O3.C9H8Br2O3.C9H8Cl2O3.C9H8ClFO3.5H2S/c1-3-4-5-12(13(15)16-2)17-11-8-6-10(14)7-9-11;1-3-4-10-5-7-11(8-6-10)15-9(2)12(13)14;1-5(9(12)13)14-8-3-2-6(10)4-7(8)11;1-5(9(12)13)14-6-2-3-7(10)8(11)4-6;1-5(9(12)13)14-8-3-2-6(10)4-7(8)11;;;;;/h6-9,12H,3-5H2,1-2H3;5-9H,1-2H3,(H,13,14);3*2-5H,1H3,(H,12,13);5*1H2/t12-;9-;3*5-;;;;;/m00000...../s1. The van der Waals surface area contributed by atoms with E-state index in [2.05, 4.69) is 50.6 Å². The molecule has 0 aliphatic heterocycles. The highest BCUT2D eigenvalue weighted by Crippen LogP contribution is 2.30. The fraction of sp³-hybridized carbons (Fsp3) is 0.288. The van der Waals surface area contributed by atoms with Crippen LogP contribution in [0.2, 0.25) is 20.1 Å². The molecule has 15 nitrogen and oxygen atoms in total. The highest BCUT2D eigenvalue weighted by molar-refractivity contribution is 9.11. The first-order chi connectivity index (χ1) is 34.8. The smallest absolute Gasteiger partial charge is 0.347 e. The fourth-order valence-electron chi connectivity index (χ4n) is 4.87. The van der Waals surface area contributed by atoms with Crippen LogP contribution in [0.1, 0.15) is 66.4 Å². The SMILES string of the molecule is CC#Cc1ccc(O[C@@H](C)C(=O)O)cc1.CCCC[C@H](Oc1ccc(Cl)cc1)C(=O)OC.C[C@H](Oc1ccc(Br)cc1Br)C(=O)O.C[C@H](Oc1ccc(Cl)c(Cl)c1)C(=O)O.C[C@H](Oc1ccc(Cl)cc1F)C(=O)O.S.S.S.S.S. The molecule has 5 aromatic carbocycles. The minimum atomic E-state index is -1.15. The second-order valence-corrected chi connectivity index (χ2v) is 18.2. The zero-order valence-corrected chi connectivity index (χ0v) is 54.4. The van der Waals surface area contributed by atoms with Gasteiger partial charge in [0, 0.05) is 26.1 Å². The Balaban J connectivity index is -0.000000285. The van der Waals surface area contributed by atoms with Crippen LogP contribution in [0.25, 0.3) is 0 Å². The van der Waals surface area contributed by atoms with Crippen LogP contribution in [0.5, 0.6) is 28.7 Å². The maximum absolute atomic E-state index is 13.1. The van der Waals surface area contributed by atoms with Crippen molar-refractivity contribution in [1.82, 2.24) is 0 Å². The number of benzene rings is 5. The van der Waals surface area contributed by atoms with Crippen molar-refractivity contribution in [1.29, 1.82) is 0 Å². The molecule has 0 fully saturated rings. The number of unbranched alkanes of at least 4 members (excludes halogenated alkanes) is 1. The summed E-state index contributed by atoms with van der Waals surface area (Å²) in [4.78, 5) is 53.5. The number of carboxylic acid groups (broad SMARTS) is 4. The Bertz CT molecular complexity index is 2610. The van der Waals surface area contributed by atoms with Gasteiger partial charge in [-0.25, -0.2) is 28.4 Å². The van der Waals surface area contributed by atoms with Gasteiger partial charge in [0.05, 0.1) is 21.6 Å². The lowest BCUT2D eigenvalue weighted by atomic mass is 10.1. The number of carbonyl (C=O) groups excluding carboxylic acids is 1. The van der Waals surface area contributed by atoms with E-state index >= 15 is 0 Å². The summed E-state index contributed by atoms with van der Waals surface area (Å²) in [5.74, 6) is 2.44. The molecule has 79 heavy (non-hydrogen) atoms. The van der Waals surface area contributed by atoms with E-state index in [9.17, 15) is 28.4 Å². The highest BCUT2D eigenvalue weighted by atomic mass is 79.9. The monoisotopic (exact) mass is 1400 g/mol. The summed E-state index contributed by atoms with van der Waals surface area (Å²) in [6, 6.07) is 27.6. The Morgan fingerprint density at radius 1 is 0.557 bits per heavy atom. The van der Waals surface area contributed by atoms with E-state index in [1.165, 1.54) is 53.0 Å². The molecule has 0 aliphatic rings. The summed E-state index contributed by atoms with van der Waals surface area (Å²) >= 11 is 29.2. The molecular weight excluding hydrogens is 1350 g/mol. The van der Waals surface area contributed by atoms with Crippen LogP contribution in [-0.2, 0) is 28.7 Å². The van der Waals surface area contributed by atoms with E-state index < -0.39 is 60.2 Å². The van der Waals surface area contributed by atoms with Gasteiger partial charge in [-0.2, -0.15) is 67.5 Å². The van der Waals surface area contributed by atoms with Crippen molar-refractivity contribution in [2.24, 2.45) is 0 Å². The molecule has 5 aromatic rings. The first-order valence-electron chi connectivity index (χ1n) is 21.8. The van der Waals surface area contributed by atoms with E-state index in [4.69, 9.17) is 95.3 Å². The maximum Gasteiger partial charge on any atom is 0.347 e. The topological polar surface area (TPSA) is 222 Å². The third-order valence-electron chi connectivity index (χ3n) is 8.80. The third kappa shape index (κ3) is 35.3. The number of esters is 1. The molecule has 0 saturated carbocycles. The van der Waals surface area contributed by atoms with Crippen LogP contribution in [-0.4, -0.2) is 87.9 Å². The van der Waals surface area contributed by atoms with Gasteiger partial charge in [0.15, 0.2) is 42.1 Å². The molecule has 0 heterocycles. The van der Waals surface area contributed by atoms with Crippen LogP contribution in [0.3, 0.4) is 0 Å². The molecule has 5 rings (SSSR count). The summed E-state index contributed by atoms with van der Waals surface area (Å²) in [6.45, 7) is 9.55. The minimum absolute atomic E-state index is 0. The quantitative estimate of drug-likeness (QED) is 0.0473. The predicted molar refractivity (Wildman–Crippen MR) is 339 cm³/mol. The molecule has 5 atom stereocenters. The second kappa shape index (κ2) is 45.4. The first kappa shape index (κ1) is 83.6. The zero-order valence-electron chi connectivity index (χ0n) is 43.2. The fourth-order valence-corrected chi connectivity index (χ4v) is 6.58. The van der Waals surface area contributed by atoms with Crippen molar-refractivity contribution in [2.75, 3.05) is 7.11 Å². The van der Waals surface area contributed by atoms with Gasteiger partial charge in [0.2, 0.25) is 0 Å². The molecule has 0 bridgehead atoms. The Hall–Kier alpha value is -4.19. The van der Waals surface area contributed by atoms with Gasteiger partial charge < -0.3 is 48.8 Å². The van der Waals surface area contributed by atoms with Gasteiger partial charge >= 0.3 is 29.8 Å². The van der Waals surface area contributed by atoms with Crippen LogP contribution in [0.4, 0.5) is 4.39 Å². The van der Waals surface area contributed by atoms with E-state index in [0.29, 0.717) is 44.5 Å². The van der Waals surface area contributed by atoms with E-state index in [1.54, 1.807) is 85.8 Å². The van der Waals surface area contributed by atoms with Crippen molar-refractivity contribution in [2.45, 2.75) is 91.3 Å². The molecule has 0 unspecified atom stereocenters. The summed E-state index contributed by atoms with van der Waals surface area (Å²) in [5, 5.41) is 36.0. The van der Waals surface area contributed by atoms with Crippen LogP contribution >= 0.6 is 146 Å². The van der Waals surface area contributed by atoms with Crippen LogP contribution in [0, 0.1) is 17.7 Å². The summed E-state index contributed by atoms with van der Waals surface area (Å²) in [5.41, 5.74) is 0.882. The lowest BCUT2D eigenvalue weighted by Gasteiger charge is -2.16. The molecule has 0 spiro atoms. The molecule has 0 saturated heterocycles. The normalized spacial score (nSPS) is 11.2. The lowest BCUT2D eigenvalue weighted by Crippen LogP contribution is -2.28.